The highest BCUT2D eigenvalue weighted by atomic mass is 16.5. The third-order valence-electron chi connectivity index (χ3n) is 5.23. The van der Waals surface area contributed by atoms with Crippen molar-refractivity contribution in [2.45, 2.75) is 38.6 Å². The fourth-order valence-corrected chi connectivity index (χ4v) is 3.70. The molecule has 150 valence electrons. The van der Waals surface area contributed by atoms with E-state index in [-0.39, 0.29) is 24.2 Å². The lowest BCUT2D eigenvalue weighted by atomic mass is 10.0. The van der Waals surface area contributed by atoms with Crippen LogP contribution in [0.2, 0.25) is 0 Å². The Morgan fingerprint density at radius 1 is 1.21 bits per heavy atom. The van der Waals surface area contributed by atoms with Crippen molar-refractivity contribution in [1.29, 1.82) is 0 Å². The molecule has 3 rings (SSSR count). The smallest absolute Gasteiger partial charge is 0.224 e. The van der Waals surface area contributed by atoms with Crippen LogP contribution in [0.15, 0.2) is 41.0 Å². The van der Waals surface area contributed by atoms with Gasteiger partial charge in [0.2, 0.25) is 5.91 Å². The van der Waals surface area contributed by atoms with Crippen molar-refractivity contribution in [3.63, 3.8) is 0 Å². The summed E-state index contributed by atoms with van der Waals surface area (Å²) in [4.78, 5) is 26.6. The summed E-state index contributed by atoms with van der Waals surface area (Å²) < 4.78 is 11.0. The lowest BCUT2D eigenvalue weighted by Crippen LogP contribution is -2.40. The van der Waals surface area contributed by atoms with E-state index in [9.17, 15) is 9.59 Å². The van der Waals surface area contributed by atoms with E-state index < -0.39 is 0 Å². The molecule has 1 amide bonds. The molecule has 0 radical (unpaired) electrons. The van der Waals surface area contributed by atoms with Crippen LogP contribution in [0.4, 0.5) is 0 Å². The third kappa shape index (κ3) is 5.01. The second-order valence-electron chi connectivity index (χ2n) is 7.19. The van der Waals surface area contributed by atoms with Crippen molar-refractivity contribution in [1.82, 2.24) is 10.2 Å². The summed E-state index contributed by atoms with van der Waals surface area (Å²) in [5.74, 6) is 1.34. The molecule has 28 heavy (non-hydrogen) atoms. The number of nitrogens with one attached hydrogen (secondary N) is 1. The minimum atomic E-state index is -0.104. The largest absolute Gasteiger partial charge is 0.496 e. The molecule has 2 aromatic rings. The molecule has 1 saturated heterocycles. The van der Waals surface area contributed by atoms with Gasteiger partial charge in [-0.1, -0.05) is 6.42 Å². The van der Waals surface area contributed by atoms with Gasteiger partial charge in [0.1, 0.15) is 11.5 Å². The van der Waals surface area contributed by atoms with Crippen LogP contribution in [0.5, 0.6) is 5.75 Å². The topological polar surface area (TPSA) is 71.8 Å². The predicted molar refractivity (Wildman–Crippen MR) is 107 cm³/mol. The molecule has 6 heteroatoms. The van der Waals surface area contributed by atoms with Crippen molar-refractivity contribution < 1.29 is 18.7 Å². The van der Waals surface area contributed by atoms with Gasteiger partial charge in [-0.2, -0.15) is 0 Å². The molecule has 0 bridgehead atoms. The van der Waals surface area contributed by atoms with E-state index in [1.165, 1.54) is 26.2 Å². The monoisotopic (exact) mass is 384 g/mol. The van der Waals surface area contributed by atoms with E-state index in [0.29, 0.717) is 23.4 Å². The van der Waals surface area contributed by atoms with Crippen LogP contribution in [-0.2, 0) is 11.2 Å². The summed E-state index contributed by atoms with van der Waals surface area (Å²) >= 11 is 0. The van der Waals surface area contributed by atoms with Crippen LogP contribution in [0.1, 0.15) is 53.9 Å². The SMILES string of the molecule is COc1ccc(C(C)=O)cc1CC(=O)NC[C@H](c1ccco1)N1CCCCC1. The quantitative estimate of drug-likeness (QED) is 0.707. The van der Waals surface area contributed by atoms with Gasteiger partial charge in [-0.05, 0) is 63.2 Å². The minimum absolute atomic E-state index is 0.0321. The average Bonchev–Trinajstić information content (AvgIpc) is 3.23. The van der Waals surface area contributed by atoms with E-state index in [1.54, 1.807) is 31.6 Å². The second kappa shape index (κ2) is 9.55. The number of rotatable bonds is 8. The number of ether oxygens (including phenoxy) is 1. The van der Waals surface area contributed by atoms with Gasteiger partial charge in [0.15, 0.2) is 5.78 Å². The Morgan fingerprint density at radius 3 is 2.64 bits per heavy atom. The van der Waals surface area contributed by atoms with Gasteiger partial charge in [0, 0.05) is 17.7 Å². The molecule has 6 nitrogen and oxygen atoms in total. The number of Topliss-reactive ketones (excluding diaryl/α,β-unsaturated/α-hetero) is 1. The number of furan rings is 1. The number of hydrogen-bond donors (Lipinski definition) is 1. The summed E-state index contributed by atoms with van der Waals surface area (Å²) in [6.45, 7) is 4.02. The fraction of sp³-hybridized carbons (Fsp3) is 0.455. The number of piperidine rings is 1. The van der Waals surface area contributed by atoms with Gasteiger partial charge in [0.25, 0.3) is 0 Å². The Hall–Kier alpha value is -2.60. The number of ketones is 1. The number of carbonyl (C=O) groups is 2. The van der Waals surface area contributed by atoms with Crippen molar-refractivity contribution in [2.24, 2.45) is 0 Å². The number of amides is 1. The summed E-state index contributed by atoms with van der Waals surface area (Å²) in [6.07, 6.45) is 5.42. The van der Waals surface area contributed by atoms with Crippen LogP contribution in [0, 0.1) is 0 Å². The Balaban J connectivity index is 1.66. The van der Waals surface area contributed by atoms with Crippen LogP contribution in [0.3, 0.4) is 0 Å². The van der Waals surface area contributed by atoms with Crippen LogP contribution in [0.25, 0.3) is 0 Å². The normalized spacial score (nSPS) is 15.8. The minimum Gasteiger partial charge on any atom is -0.496 e. The number of hydrogen-bond acceptors (Lipinski definition) is 5. The average molecular weight is 384 g/mol. The van der Waals surface area contributed by atoms with Crippen LogP contribution in [-0.4, -0.2) is 43.3 Å². The zero-order chi connectivity index (χ0) is 19.9. The highest BCUT2D eigenvalue weighted by molar-refractivity contribution is 5.94. The maximum absolute atomic E-state index is 12.6. The highest BCUT2D eigenvalue weighted by Crippen LogP contribution is 2.25. The fourth-order valence-electron chi connectivity index (χ4n) is 3.70. The van der Waals surface area contributed by atoms with E-state index in [1.807, 2.05) is 12.1 Å². The van der Waals surface area contributed by atoms with Crippen LogP contribution >= 0.6 is 0 Å². The molecular formula is C22H28N2O4. The number of carbonyl (C=O) groups excluding carboxylic acids is 2. The Morgan fingerprint density at radius 2 is 2.00 bits per heavy atom. The van der Waals surface area contributed by atoms with Gasteiger partial charge in [-0.15, -0.1) is 0 Å². The molecule has 0 saturated carbocycles. The van der Waals surface area contributed by atoms with Gasteiger partial charge in [0.05, 0.1) is 25.8 Å². The van der Waals surface area contributed by atoms with E-state index >= 15 is 0 Å². The Kier molecular flexibility index (Phi) is 6.87. The molecule has 0 spiro atoms. The predicted octanol–water partition coefficient (Wildman–Crippen LogP) is 3.38. The summed E-state index contributed by atoms with van der Waals surface area (Å²) in [5, 5.41) is 3.04. The number of likely N-dealkylation sites (tertiary alicyclic amines) is 1. The van der Waals surface area contributed by atoms with E-state index in [2.05, 4.69) is 10.2 Å². The van der Waals surface area contributed by atoms with Crippen molar-refractivity contribution in [3.8, 4) is 5.75 Å². The first-order valence-corrected chi connectivity index (χ1v) is 9.80. The van der Waals surface area contributed by atoms with E-state index in [4.69, 9.17) is 9.15 Å². The first-order chi connectivity index (χ1) is 13.6. The maximum atomic E-state index is 12.6. The molecule has 1 aliphatic heterocycles. The first kappa shape index (κ1) is 20.1. The van der Waals surface area contributed by atoms with Crippen molar-refractivity contribution >= 4 is 11.7 Å². The Bertz CT molecular complexity index is 795. The molecule has 1 aliphatic rings. The summed E-state index contributed by atoms with van der Waals surface area (Å²) in [7, 11) is 1.56. The maximum Gasteiger partial charge on any atom is 0.224 e. The highest BCUT2D eigenvalue weighted by Gasteiger charge is 2.25. The zero-order valence-electron chi connectivity index (χ0n) is 16.6. The summed E-state index contributed by atoms with van der Waals surface area (Å²) in [6, 6.07) is 9.06. The van der Waals surface area contributed by atoms with Crippen LogP contribution < -0.4 is 10.1 Å². The number of methoxy groups -OCH3 is 1. The molecule has 1 aromatic heterocycles. The van der Waals surface area contributed by atoms with Gasteiger partial charge < -0.3 is 14.5 Å². The van der Waals surface area contributed by atoms with Crippen molar-refractivity contribution in [3.05, 3.63) is 53.5 Å². The van der Waals surface area contributed by atoms with Gasteiger partial charge in [-0.25, -0.2) is 0 Å². The Labute approximate surface area is 165 Å². The molecule has 1 aromatic carbocycles. The molecule has 1 N–H and O–H groups in total. The third-order valence-corrected chi connectivity index (χ3v) is 5.23. The lowest BCUT2D eigenvalue weighted by Gasteiger charge is -2.33. The molecule has 1 fully saturated rings. The van der Waals surface area contributed by atoms with E-state index in [0.717, 1.165) is 18.8 Å². The second-order valence-corrected chi connectivity index (χ2v) is 7.19. The molecular weight excluding hydrogens is 356 g/mol. The van der Waals surface area contributed by atoms with Gasteiger partial charge in [-0.3, -0.25) is 14.5 Å². The molecule has 0 unspecified atom stereocenters. The standard InChI is InChI=1S/C22H28N2O4/c1-16(25)17-8-9-20(27-2)18(13-17)14-22(26)23-15-19(21-7-6-12-28-21)24-10-4-3-5-11-24/h6-9,12-13,19H,3-5,10-11,14-15H2,1-2H3,(H,23,26)/t19-/m1/s1. The first-order valence-electron chi connectivity index (χ1n) is 9.80. The van der Waals surface area contributed by atoms with Crippen molar-refractivity contribution in [2.75, 3.05) is 26.7 Å². The van der Waals surface area contributed by atoms with Gasteiger partial charge >= 0.3 is 0 Å². The lowest BCUT2D eigenvalue weighted by molar-refractivity contribution is -0.120. The molecule has 2 heterocycles. The zero-order valence-corrected chi connectivity index (χ0v) is 16.6. The molecule has 0 aliphatic carbocycles. The number of benzene rings is 1. The number of nitrogens with zero attached hydrogens (tertiary/aromatic N) is 1. The molecule has 1 atom stereocenters. The summed E-state index contributed by atoms with van der Waals surface area (Å²) in [5.41, 5.74) is 1.28.